The minimum absolute atomic E-state index is 0.221. The first-order valence-corrected chi connectivity index (χ1v) is 7.77. The van der Waals surface area contributed by atoms with Gasteiger partial charge in [0, 0.05) is 6.42 Å². The second-order valence-corrected chi connectivity index (χ2v) is 6.36. The molecule has 1 aromatic heterocycles. The average molecular weight is 283 g/mol. The van der Waals surface area contributed by atoms with Crippen molar-refractivity contribution in [1.82, 2.24) is 0 Å². The number of rotatable bonds is 5. The monoisotopic (exact) mass is 283 g/mol. The van der Waals surface area contributed by atoms with Crippen LogP contribution in [0.2, 0.25) is 0 Å². The lowest BCUT2D eigenvalue weighted by molar-refractivity contribution is 0.321. The molecule has 0 aliphatic heterocycles. The van der Waals surface area contributed by atoms with Gasteiger partial charge in [-0.15, -0.1) is 11.3 Å². The van der Waals surface area contributed by atoms with E-state index in [2.05, 4.69) is 0 Å². The summed E-state index contributed by atoms with van der Waals surface area (Å²) in [6.07, 6.45) is 0.518. The Bertz CT molecular complexity index is 605. The fourth-order valence-corrected chi connectivity index (χ4v) is 3.47. The summed E-state index contributed by atoms with van der Waals surface area (Å²) in [6, 6.07) is 11.2. The highest BCUT2D eigenvalue weighted by Gasteiger charge is 2.15. The first kappa shape index (κ1) is 13.1. The molecule has 0 saturated heterocycles. The van der Waals surface area contributed by atoms with Gasteiger partial charge in [-0.3, -0.25) is 0 Å². The molecule has 0 aliphatic rings. The van der Waals surface area contributed by atoms with Gasteiger partial charge in [-0.2, -0.15) is 0 Å². The van der Waals surface area contributed by atoms with E-state index in [1.165, 1.54) is 0 Å². The van der Waals surface area contributed by atoms with E-state index < -0.39 is 10.0 Å². The molecule has 1 heterocycles. The Morgan fingerprint density at radius 3 is 2.56 bits per heavy atom. The molecule has 4 nitrogen and oxygen atoms in total. The third kappa shape index (κ3) is 3.32. The Morgan fingerprint density at radius 1 is 1.17 bits per heavy atom. The summed E-state index contributed by atoms with van der Waals surface area (Å²) < 4.78 is 28.3. The van der Waals surface area contributed by atoms with Crippen molar-refractivity contribution in [1.29, 1.82) is 0 Å². The predicted molar refractivity (Wildman–Crippen MR) is 71.3 cm³/mol. The van der Waals surface area contributed by atoms with Gasteiger partial charge in [0.15, 0.2) is 0 Å². The van der Waals surface area contributed by atoms with Gasteiger partial charge in [0.1, 0.15) is 9.96 Å². The van der Waals surface area contributed by atoms with Crippen LogP contribution in [-0.2, 0) is 16.4 Å². The van der Waals surface area contributed by atoms with Crippen molar-refractivity contribution in [2.24, 2.45) is 5.14 Å². The van der Waals surface area contributed by atoms with Crippen molar-refractivity contribution in [3.8, 4) is 5.75 Å². The van der Waals surface area contributed by atoms with E-state index in [0.717, 1.165) is 17.1 Å². The lowest BCUT2D eigenvalue weighted by Gasteiger charge is -2.05. The van der Waals surface area contributed by atoms with Gasteiger partial charge >= 0.3 is 0 Å². The topological polar surface area (TPSA) is 69.4 Å². The Kier molecular flexibility index (Phi) is 4.00. The van der Waals surface area contributed by atoms with Crippen LogP contribution in [-0.4, -0.2) is 15.0 Å². The number of primary sulfonamides is 1. The summed E-state index contributed by atoms with van der Waals surface area (Å²) in [5, 5.41) is 6.85. The first-order valence-electron chi connectivity index (χ1n) is 5.34. The summed E-state index contributed by atoms with van der Waals surface area (Å²) in [5.74, 6) is 0.768. The van der Waals surface area contributed by atoms with E-state index in [1.54, 1.807) is 11.4 Å². The number of para-hydroxylation sites is 1. The van der Waals surface area contributed by atoms with Gasteiger partial charge in [0.2, 0.25) is 10.0 Å². The zero-order valence-corrected chi connectivity index (χ0v) is 11.2. The molecule has 0 bridgehead atoms. The highest BCUT2D eigenvalue weighted by molar-refractivity contribution is 7.91. The molecule has 0 saturated carbocycles. The molecule has 18 heavy (non-hydrogen) atoms. The summed E-state index contributed by atoms with van der Waals surface area (Å²) in [6.45, 7) is 0.420. The van der Waals surface area contributed by atoms with E-state index in [1.807, 2.05) is 30.3 Å². The lowest BCUT2D eigenvalue weighted by Crippen LogP contribution is -2.13. The summed E-state index contributed by atoms with van der Waals surface area (Å²) in [4.78, 5) is 0. The average Bonchev–Trinajstić information content (AvgIpc) is 2.78. The minimum atomic E-state index is -3.62. The van der Waals surface area contributed by atoms with E-state index in [4.69, 9.17) is 9.88 Å². The normalized spacial score (nSPS) is 11.4. The molecule has 0 spiro atoms. The van der Waals surface area contributed by atoms with E-state index in [-0.39, 0.29) is 4.21 Å². The molecule has 6 heteroatoms. The molecule has 96 valence electrons. The molecule has 0 amide bonds. The van der Waals surface area contributed by atoms with Crippen LogP contribution in [0.25, 0.3) is 0 Å². The molecule has 0 radical (unpaired) electrons. The van der Waals surface area contributed by atoms with Crippen LogP contribution in [0.15, 0.2) is 46.0 Å². The fourth-order valence-electron chi connectivity index (χ4n) is 1.55. The van der Waals surface area contributed by atoms with Crippen LogP contribution < -0.4 is 9.88 Å². The largest absolute Gasteiger partial charge is 0.493 e. The van der Waals surface area contributed by atoms with Crippen LogP contribution in [0.4, 0.5) is 0 Å². The predicted octanol–water partition coefficient (Wildman–Crippen LogP) is 2.02. The van der Waals surface area contributed by atoms with Crippen LogP contribution >= 0.6 is 11.3 Å². The number of nitrogens with two attached hydrogens (primary N) is 1. The number of benzene rings is 1. The maximum Gasteiger partial charge on any atom is 0.247 e. The molecule has 2 N–H and O–H groups in total. The molecule has 2 aromatic rings. The first-order chi connectivity index (χ1) is 8.57. The van der Waals surface area contributed by atoms with Crippen LogP contribution in [0.5, 0.6) is 5.75 Å². The van der Waals surface area contributed by atoms with Crippen molar-refractivity contribution >= 4 is 21.4 Å². The Balaban J connectivity index is 1.98. The Morgan fingerprint density at radius 2 is 1.89 bits per heavy atom. The second-order valence-electron chi connectivity index (χ2n) is 3.69. The summed E-state index contributed by atoms with van der Waals surface area (Å²) in [5.41, 5.74) is 0.707. The third-order valence-corrected chi connectivity index (χ3v) is 4.86. The summed E-state index contributed by atoms with van der Waals surface area (Å²) in [7, 11) is -3.62. The number of ether oxygens (including phenoxy) is 1. The van der Waals surface area contributed by atoms with Gasteiger partial charge < -0.3 is 4.74 Å². The van der Waals surface area contributed by atoms with Crippen molar-refractivity contribution in [3.63, 3.8) is 0 Å². The molecule has 0 unspecified atom stereocenters. The number of hydrogen-bond acceptors (Lipinski definition) is 4. The lowest BCUT2D eigenvalue weighted by atomic mass is 10.2. The van der Waals surface area contributed by atoms with Gasteiger partial charge in [-0.1, -0.05) is 18.2 Å². The number of sulfonamides is 1. The van der Waals surface area contributed by atoms with E-state index >= 15 is 0 Å². The van der Waals surface area contributed by atoms with Crippen LogP contribution in [0, 0.1) is 0 Å². The second kappa shape index (κ2) is 5.51. The van der Waals surface area contributed by atoms with Crippen LogP contribution in [0.1, 0.15) is 5.56 Å². The molecule has 0 aliphatic carbocycles. The van der Waals surface area contributed by atoms with Crippen LogP contribution in [0.3, 0.4) is 0 Å². The van der Waals surface area contributed by atoms with Gasteiger partial charge in [0.05, 0.1) is 6.61 Å². The molecule has 0 fully saturated rings. The van der Waals surface area contributed by atoms with E-state index in [9.17, 15) is 8.42 Å². The fraction of sp³-hybridized carbons (Fsp3) is 0.167. The molecule has 2 rings (SSSR count). The third-order valence-electron chi connectivity index (χ3n) is 2.35. The maximum atomic E-state index is 11.3. The van der Waals surface area contributed by atoms with Crippen molar-refractivity contribution in [3.05, 3.63) is 47.3 Å². The molecule has 0 atom stereocenters. The van der Waals surface area contributed by atoms with Crippen molar-refractivity contribution in [2.75, 3.05) is 6.61 Å². The highest BCUT2D eigenvalue weighted by Crippen LogP contribution is 2.22. The Labute approximate surface area is 110 Å². The zero-order valence-electron chi connectivity index (χ0n) is 9.57. The van der Waals surface area contributed by atoms with Gasteiger partial charge in [0.25, 0.3) is 0 Å². The van der Waals surface area contributed by atoms with Crippen molar-refractivity contribution in [2.45, 2.75) is 10.6 Å². The maximum absolute atomic E-state index is 11.3. The number of thiophene rings is 1. The molecule has 1 aromatic carbocycles. The summed E-state index contributed by atoms with van der Waals surface area (Å²) >= 11 is 1.13. The quantitative estimate of drug-likeness (QED) is 0.912. The van der Waals surface area contributed by atoms with Gasteiger partial charge in [-0.05, 0) is 29.1 Å². The van der Waals surface area contributed by atoms with Gasteiger partial charge in [-0.25, -0.2) is 13.6 Å². The molecular weight excluding hydrogens is 270 g/mol. The Hall–Kier alpha value is -1.37. The minimum Gasteiger partial charge on any atom is -0.493 e. The standard InChI is InChI=1S/C12H13NO3S2/c13-18(14,15)12-10(7-9-17-12)6-8-16-11-4-2-1-3-5-11/h1-5,7,9H,6,8H2,(H2,13,14,15). The van der Waals surface area contributed by atoms with Crippen molar-refractivity contribution < 1.29 is 13.2 Å². The molecular formula is C12H13NO3S2. The highest BCUT2D eigenvalue weighted by atomic mass is 32.2. The smallest absolute Gasteiger partial charge is 0.247 e. The zero-order chi connectivity index (χ0) is 13.0. The number of hydrogen-bond donors (Lipinski definition) is 1. The van der Waals surface area contributed by atoms with E-state index in [0.29, 0.717) is 18.6 Å². The SMILES string of the molecule is NS(=O)(=O)c1sccc1CCOc1ccccc1.